The van der Waals surface area contributed by atoms with Crippen molar-refractivity contribution in [1.29, 1.82) is 0 Å². The van der Waals surface area contributed by atoms with Crippen LogP contribution < -0.4 is 5.32 Å². The van der Waals surface area contributed by atoms with Crippen LogP contribution in [0.2, 0.25) is 0 Å². The van der Waals surface area contributed by atoms with E-state index in [1.54, 1.807) is 6.92 Å². The van der Waals surface area contributed by atoms with E-state index in [0.717, 1.165) is 6.26 Å². The van der Waals surface area contributed by atoms with Crippen molar-refractivity contribution in [1.82, 2.24) is 5.32 Å². The lowest BCUT2D eigenvalue weighted by atomic mass is 10.0. The highest BCUT2D eigenvalue weighted by Gasteiger charge is 2.40. The smallest absolute Gasteiger partial charge is 0.241 e. The van der Waals surface area contributed by atoms with Crippen LogP contribution in [0, 0.1) is 0 Å². The lowest BCUT2D eigenvalue weighted by Crippen LogP contribution is -2.56. The van der Waals surface area contributed by atoms with E-state index in [2.05, 4.69) is 5.32 Å². The Labute approximate surface area is 103 Å². The fourth-order valence-electron chi connectivity index (χ4n) is 0.809. The molecule has 1 unspecified atom stereocenters. The van der Waals surface area contributed by atoms with Gasteiger partial charge in [-0.05, 0) is 27.2 Å². The quantitative estimate of drug-likeness (QED) is 0.766. The molecule has 0 aromatic rings. The van der Waals surface area contributed by atoms with Crippen LogP contribution in [0.15, 0.2) is 0 Å². The summed E-state index contributed by atoms with van der Waals surface area (Å²) < 4.78 is 21.5. The number of alkyl halides is 1. The van der Waals surface area contributed by atoms with Gasteiger partial charge in [0.2, 0.25) is 5.91 Å². The van der Waals surface area contributed by atoms with Gasteiger partial charge in [-0.3, -0.25) is 4.79 Å². The molecule has 4 nitrogen and oxygen atoms in total. The van der Waals surface area contributed by atoms with Gasteiger partial charge in [-0.1, -0.05) is 6.92 Å². The Bertz CT molecular complexity index is 358. The molecule has 16 heavy (non-hydrogen) atoms. The van der Waals surface area contributed by atoms with Crippen LogP contribution in [0.5, 0.6) is 0 Å². The van der Waals surface area contributed by atoms with Gasteiger partial charge in [-0.15, -0.1) is 11.6 Å². The predicted molar refractivity (Wildman–Crippen MR) is 66.5 cm³/mol. The van der Waals surface area contributed by atoms with Gasteiger partial charge in [-0.2, -0.15) is 0 Å². The number of halogens is 1. The first-order chi connectivity index (χ1) is 7.00. The molecular weight excluding hydrogens is 250 g/mol. The maximum atomic E-state index is 11.9. The average Bonchev–Trinajstić information content (AvgIpc) is 2.15. The van der Waals surface area contributed by atoms with Crippen molar-refractivity contribution in [2.75, 3.05) is 12.1 Å². The summed E-state index contributed by atoms with van der Waals surface area (Å²) >= 11 is 5.75. The average molecular weight is 270 g/mol. The molecule has 0 aliphatic rings. The second-order valence-electron chi connectivity index (χ2n) is 4.78. The summed E-state index contributed by atoms with van der Waals surface area (Å²) in [6.45, 7) is 6.45. The van der Waals surface area contributed by atoms with Gasteiger partial charge < -0.3 is 5.32 Å². The molecule has 96 valence electrons. The second-order valence-corrected chi connectivity index (χ2v) is 7.62. The number of carbonyl (C=O) groups excluding carboxylic acids is 1. The minimum absolute atomic E-state index is 0.245. The van der Waals surface area contributed by atoms with E-state index < -0.39 is 26.0 Å². The molecule has 0 rings (SSSR count). The molecular formula is C10H20ClNO3S. The summed E-state index contributed by atoms with van der Waals surface area (Å²) in [4.78, 5) is 11.9. The number of nitrogens with one attached hydrogen (secondary N) is 1. The van der Waals surface area contributed by atoms with Crippen molar-refractivity contribution in [3.05, 3.63) is 0 Å². The van der Waals surface area contributed by atoms with Gasteiger partial charge in [0.1, 0.15) is 4.75 Å². The minimum Gasteiger partial charge on any atom is -0.348 e. The van der Waals surface area contributed by atoms with Crippen LogP contribution in [0.25, 0.3) is 0 Å². The molecule has 0 aromatic heterocycles. The number of rotatable bonds is 5. The molecule has 0 aromatic carbocycles. The summed E-state index contributed by atoms with van der Waals surface area (Å²) in [5.41, 5.74) is -0.569. The lowest BCUT2D eigenvalue weighted by Gasteiger charge is -2.31. The van der Waals surface area contributed by atoms with E-state index in [0.29, 0.717) is 6.42 Å². The largest absolute Gasteiger partial charge is 0.348 e. The Kier molecular flexibility index (Phi) is 4.83. The Balaban J connectivity index is 4.98. The third-order valence-corrected chi connectivity index (χ3v) is 5.59. The van der Waals surface area contributed by atoms with Crippen LogP contribution in [0.3, 0.4) is 0 Å². The minimum atomic E-state index is -3.45. The van der Waals surface area contributed by atoms with Gasteiger partial charge in [0.25, 0.3) is 0 Å². The van der Waals surface area contributed by atoms with Crippen LogP contribution in [-0.4, -0.2) is 36.7 Å². The Morgan fingerprint density at radius 2 is 1.75 bits per heavy atom. The van der Waals surface area contributed by atoms with E-state index in [1.165, 1.54) is 13.8 Å². The first kappa shape index (κ1) is 15.7. The Hall–Kier alpha value is -0.290. The molecule has 6 heteroatoms. The molecule has 0 fully saturated rings. The number of hydrogen-bond donors (Lipinski definition) is 1. The summed E-state index contributed by atoms with van der Waals surface area (Å²) in [6, 6.07) is 0. The van der Waals surface area contributed by atoms with Crippen LogP contribution >= 0.6 is 11.6 Å². The van der Waals surface area contributed by atoms with Gasteiger partial charge >= 0.3 is 0 Å². The molecule has 0 saturated carbocycles. The highest BCUT2D eigenvalue weighted by molar-refractivity contribution is 7.92. The van der Waals surface area contributed by atoms with E-state index >= 15 is 0 Å². The third kappa shape index (κ3) is 3.35. The van der Waals surface area contributed by atoms with Crippen molar-refractivity contribution in [3.63, 3.8) is 0 Å². The van der Waals surface area contributed by atoms with E-state index in [1.807, 2.05) is 6.92 Å². The molecule has 1 atom stereocenters. The van der Waals surface area contributed by atoms with Gasteiger partial charge in [0.05, 0.1) is 5.54 Å². The molecule has 0 saturated heterocycles. The fourth-order valence-corrected chi connectivity index (χ4v) is 1.45. The molecule has 1 amide bonds. The number of hydrogen-bond acceptors (Lipinski definition) is 3. The van der Waals surface area contributed by atoms with Gasteiger partial charge in [0.15, 0.2) is 9.84 Å². The first-order valence-corrected chi connectivity index (χ1v) is 7.51. The van der Waals surface area contributed by atoms with E-state index in [9.17, 15) is 13.2 Å². The zero-order valence-corrected chi connectivity index (χ0v) is 12.0. The molecule has 0 bridgehead atoms. The first-order valence-electron chi connectivity index (χ1n) is 5.08. The van der Waals surface area contributed by atoms with Crippen LogP contribution in [-0.2, 0) is 14.6 Å². The lowest BCUT2D eigenvalue weighted by molar-refractivity contribution is -0.124. The third-order valence-electron chi connectivity index (χ3n) is 2.96. The molecule has 0 spiro atoms. The van der Waals surface area contributed by atoms with Crippen LogP contribution in [0.1, 0.15) is 34.1 Å². The standard InChI is InChI=1S/C10H20ClNO3S/c1-6-10(4,7-11)12-8(13)9(2,3)16(5,14)15/h6-7H2,1-5H3,(H,12,13). The van der Waals surface area contributed by atoms with Crippen molar-refractivity contribution in [2.45, 2.75) is 44.4 Å². The highest BCUT2D eigenvalue weighted by atomic mass is 35.5. The monoisotopic (exact) mass is 269 g/mol. The van der Waals surface area contributed by atoms with Crippen molar-refractivity contribution in [2.24, 2.45) is 0 Å². The fraction of sp³-hybridized carbons (Fsp3) is 0.900. The Morgan fingerprint density at radius 1 is 1.31 bits per heavy atom. The maximum Gasteiger partial charge on any atom is 0.241 e. The predicted octanol–water partition coefficient (Wildman–Crippen LogP) is 1.33. The summed E-state index contributed by atoms with van der Waals surface area (Å²) in [5, 5.41) is 2.69. The second kappa shape index (κ2) is 4.92. The number of amides is 1. The maximum absolute atomic E-state index is 11.9. The molecule has 0 radical (unpaired) electrons. The highest BCUT2D eigenvalue weighted by Crippen LogP contribution is 2.19. The van der Waals surface area contributed by atoms with Crippen LogP contribution in [0.4, 0.5) is 0 Å². The summed E-state index contributed by atoms with van der Waals surface area (Å²) in [7, 11) is -3.45. The van der Waals surface area contributed by atoms with E-state index in [-0.39, 0.29) is 5.88 Å². The number of sulfone groups is 1. The zero-order valence-electron chi connectivity index (χ0n) is 10.4. The topological polar surface area (TPSA) is 63.2 Å². The van der Waals surface area contributed by atoms with Gasteiger partial charge in [-0.25, -0.2) is 8.42 Å². The normalized spacial score (nSPS) is 16.6. The van der Waals surface area contributed by atoms with Gasteiger partial charge in [0, 0.05) is 12.1 Å². The molecule has 1 N–H and O–H groups in total. The van der Waals surface area contributed by atoms with Crippen molar-refractivity contribution >= 4 is 27.3 Å². The summed E-state index contributed by atoms with van der Waals surface area (Å²) in [5.74, 6) is -0.269. The van der Waals surface area contributed by atoms with Crippen molar-refractivity contribution in [3.8, 4) is 0 Å². The molecule has 0 aliphatic carbocycles. The summed E-state index contributed by atoms with van der Waals surface area (Å²) in [6.07, 6.45) is 1.69. The van der Waals surface area contributed by atoms with E-state index in [4.69, 9.17) is 11.6 Å². The SMILES string of the molecule is CCC(C)(CCl)NC(=O)C(C)(C)S(C)(=O)=O. The van der Waals surface area contributed by atoms with Crippen molar-refractivity contribution < 1.29 is 13.2 Å². The zero-order chi connectivity index (χ0) is 13.2. The molecule has 0 aliphatic heterocycles. The Morgan fingerprint density at radius 3 is 2.00 bits per heavy atom. The molecule has 0 heterocycles. The number of carbonyl (C=O) groups is 1.